The molecule has 1 amide bonds. The zero-order valence-electron chi connectivity index (χ0n) is 9.89. The Morgan fingerprint density at radius 1 is 1.40 bits per heavy atom. The summed E-state index contributed by atoms with van der Waals surface area (Å²) in [6, 6.07) is 0. The van der Waals surface area contributed by atoms with E-state index in [9.17, 15) is 4.79 Å². The van der Waals surface area contributed by atoms with E-state index >= 15 is 0 Å². The van der Waals surface area contributed by atoms with Crippen LogP contribution in [0.1, 0.15) is 33.6 Å². The molecule has 3 heteroatoms. The normalized spacial score (nSPS) is 23.9. The van der Waals surface area contributed by atoms with Crippen molar-refractivity contribution in [2.24, 2.45) is 0 Å². The van der Waals surface area contributed by atoms with Crippen LogP contribution in [0.15, 0.2) is 11.1 Å². The molecule has 2 heterocycles. The lowest BCUT2D eigenvalue weighted by Crippen LogP contribution is -2.45. The molecule has 0 aliphatic carbocycles. The zero-order valence-corrected chi connectivity index (χ0v) is 9.89. The number of nitrogens with one attached hydrogen (secondary N) is 1. The van der Waals surface area contributed by atoms with Gasteiger partial charge in [0.25, 0.3) is 0 Å². The van der Waals surface area contributed by atoms with Crippen LogP contribution in [0.3, 0.4) is 0 Å². The average Bonchev–Trinajstić information content (AvgIpc) is 2.40. The average molecular weight is 208 g/mol. The van der Waals surface area contributed by atoms with Gasteiger partial charge in [-0.3, -0.25) is 4.79 Å². The highest BCUT2D eigenvalue weighted by Crippen LogP contribution is 2.30. The number of carbonyl (C=O) groups is 1. The molecule has 0 aromatic heterocycles. The van der Waals surface area contributed by atoms with Crippen molar-refractivity contribution < 1.29 is 4.79 Å². The molecule has 0 saturated carbocycles. The minimum absolute atomic E-state index is 0.0517. The second-order valence-corrected chi connectivity index (χ2v) is 5.20. The van der Waals surface area contributed by atoms with Gasteiger partial charge in [-0.25, -0.2) is 0 Å². The Labute approximate surface area is 91.5 Å². The van der Waals surface area contributed by atoms with Crippen LogP contribution in [0.2, 0.25) is 0 Å². The molecule has 0 spiro atoms. The second kappa shape index (κ2) is 3.63. The number of carbonyl (C=O) groups excluding carboxylic acids is 1. The van der Waals surface area contributed by atoms with Gasteiger partial charge in [0, 0.05) is 30.7 Å². The summed E-state index contributed by atoms with van der Waals surface area (Å²) in [6.45, 7) is 9.00. The van der Waals surface area contributed by atoms with Crippen molar-refractivity contribution in [3.05, 3.63) is 11.1 Å². The van der Waals surface area contributed by atoms with Gasteiger partial charge >= 0.3 is 0 Å². The van der Waals surface area contributed by atoms with Gasteiger partial charge in [-0.05, 0) is 39.2 Å². The number of hydrogen-bond acceptors (Lipinski definition) is 2. The van der Waals surface area contributed by atoms with Crippen LogP contribution in [0.4, 0.5) is 0 Å². The maximum Gasteiger partial charge on any atom is 0.249 e. The van der Waals surface area contributed by atoms with Gasteiger partial charge in [0.2, 0.25) is 5.91 Å². The van der Waals surface area contributed by atoms with E-state index in [4.69, 9.17) is 0 Å². The smallest absolute Gasteiger partial charge is 0.249 e. The number of amides is 1. The summed E-state index contributed by atoms with van der Waals surface area (Å²) in [6.07, 6.45) is 2.26. The van der Waals surface area contributed by atoms with E-state index in [1.54, 1.807) is 0 Å². The number of nitrogens with zero attached hydrogens (tertiary/aromatic N) is 1. The molecule has 0 atom stereocenters. The number of likely N-dealkylation sites (tertiary alicyclic amines) is 1. The Bertz CT molecular complexity index is 312. The number of rotatable bonds is 1. The molecule has 1 N–H and O–H groups in total. The third-order valence-electron chi connectivity index (χ3n) is 3.67. The summed E-state index contributed by atoms with van der Waals surface area (Å²) in [7, 11) is 0. The minimum Gasteiger partial charge on any atom is -0.334 e. The SMILES string of the molecule is CC(C(=O)N1CCCC1(C)C)=C1CNC1. The van der Waals surface area contributed by atoms with Crippen LogP contribution < -0.4 is 5.32 Å². The predicted molar refractivity (Wildman–Crippen MR) is 60.6 cm³/mol. The van der Waals surface area contributed by atoms with Crippen molar-refractivity contribution in [2.75, 3.05) is 19.6 Å². The Hall–Kier alpha value is -0.830. The maximum atomic E-state index is 12.2. The molecule has 84 valence electrons. The van der Waals surface area contributed by atoms with Crippen LogP contribution in [-0.4, -0.2) is 36.0 Å². The molecular weight excluding hydrogens is 188 g/mol. The molecule has 0 aromatic carbocycles. The molecule has 2 aliphatic heterocycles. The lowest BCUT2D eigenvalue weighted by molar-refractivity contribution is -0.130. The maximum absolute atomic E-state index is 12.2. The summed E-state index contributed by atoms with van der Waals surface area (Å²) >= 11 is 0. The third kappa shape index (κ3) is 1.81. The molecule has 0 unspecified atom stereocenters. The second-order valence-electron chi connectivity index (χ2n) is 5.20. The molecule has 0 radical (unpaired) electrons. The molecule has 2 saturated heterocycles. The number of hydrogen-bond donors (Lipinski definition) is 1. The summed E-state index contributed by atoms with van der Waals surface area (Å²) < 4.78 is 0. The Morgan fingerprint density at radius 2 is 2.07 bits per heavy atom. The van der Waals surface area contributed by atoms with E-state index in [2.05, 4.69) is 19.2 Å². The van der Waals surface area contributed by atoms with Gasteiger partial charge in [0.15, 0.2) is 0 Å². The van der Waals surface area contributed by atoms with Crippen LogP contribution in [0.5, 0.6) is 0 Å². The Morgan fingerprint density at radius 3 is 2.47 bits per heavy atom. The van der Waals surface area contributed by atoms with Crippen LogP contribution in [0, 0.1) is 0 Å². The first-order valence-corrected chi connectivity index (χ1v) is 5.74. The van der Waals surface area contributed by atoms with Gasteiger partial charge < -0.3 is 10.2 Å². The first kappa shape index (κ1) is 10.7. The van der Waals surface area contributed by atoms with Gasteiger partial charge in [-0.2, -0.15) is 0 Å². The van der Waals surface area contributed by atoms with E-state index in [-0.39, 0.29) is 11.4 Å². The first-order chi connectivity index (χ1) is 7.02. The Balaban J connectivity index is 2.14. The molecule has 2 aliphatic rings. The highest BCUT2D eigenvalue weighted by atomic mass is 16.2. The largest absolute Gasteiger partial charge is 0.334 e. The van der Waals surface area contributed by atoms with Gasteiger partial charge in [0.05, 0.1) is 0 Å². The fourth-order valence-corrected chi connectivity index (χ4v) is 2.35. The lowest BCUT2D eigenvalue weighted by atomic mass is 9.99. The van der Waals surface area contributed by atoms with E-state index < -0.39 is 0 Å². The molecule has 15 heavy (non-hydrogen) atoms. The van der Waals surface area contributed by atoms with Gasteiger partial charge in [-0.15, -0.1) is 0 Å². The van der Waals surface area contributed by atoms with Crippen molar-refractivity contribution in [1.29, 1.82) is 0 Å². The topological polar surface area (TPSA) is 32.3 Å². The highest BCUT2D eigenvalue weighted by molar-refractivity contribution is 5.94. The van der Waals surface area contributed by atoms with Gasteiger partial charge in [-0.1, -0.05) is 0 Å². The summed E-state index contributed by atoms with van der Waals surface area (Å²) in [5.74, 6) is 0.244. The summed E-state index contributed by atoms with van der Waals surface area (Å²) in [5.41, 5.74) is 2.29. The van der Waals surface area contributed by atoms with Crippen LogP contribution >= 0.6 is 0 Å². The summed E-state index contributed by atoms with van der Waals surface area (Å²) in [5, 5.41) is 3.18. The van der Waals surface area contributed by atoms with Crippen molar-refractivity contribution >= 4 is 5.91 Å². The summed E-state index contributed by atoms with van der Waals surface area (Å²) in [4.78, 5) is 14.3. The standard InChI is InChI=1S/C12H20N2O/c1-9(10-7-13-8-10)11(15)14-6-4-5-12(14,2)3/h13H,4-8H2,1-3H3. The van der Waals surface area contributed by atoms with E-state index in [1.807, 2.05) is 11.8 Å². The van der Waals surface area contributed by atoms with E-state index in [0.29, 0.717) is 0 Å². The van der Waals surface area contributed by atoms with Gasteiger partial charge in [0.1, 0.15) is 0 Å². The van der Waals surface area contributed by atoms with Crippen molar-refractivity contribution in [3.8, 4) is 0 Å². The van der Waals surface area contributed by atoms with Crippen LogP contribution in [-0.2, 0) is 4.79 Å². The molecule has 2 fully saturated rings. The zero-order chi connectivity index (χ0) is 11.1. The molecule has 2 rings (SSSR count). The van der Waals surface area contributed by atoms with Crippen molar-refractivity contribution in [3.63, 3.8) is 0 Å². The third-order valence-corrected chi connectivity index (χ3v) is 3.67. The molecule has 0 bridgehead atoms. The highest BCUT2D eigenvalue weighted by Gasteiger charge is 2.36. The lowest BCUT2D eigenvalue weighted by Gasteiger charge is -2.33. The van der Waals surface area contributed by atoms with Crippen molar-refractivity contribution in [1.82, 2.24) is 10.2 Å². The van der Waals surface area contributed by atoms with Crippen molar-refractivity contribution in [2.45, 2.75) is 39.2 Å². The molecular formula is C12H20N2O. The minimum atomic E-state index is 0.0517. The quantitative estimate of drug-likeness (QED) is 0.659. The molecule has 0 aromatic rings. The first-order valence-electron chi connectivity index (χ1n) is 5.74. The van der Waals surface area contributed by atoms with E-state index in [0.717, 1.165) is 38.0 Å². The monoisotopic (exact) mass is 208 g/mol. The van der Waals surface area contributed by atoms with Crippen LogP contribution in [0.25, 0.3) is 0 Å². The van der Waals surface area contributed by atoms with E-state index in [1.165, 1.54) is 5.57 Å². The predicted octanol–water partition coefficient (Wildman–Crippen LogP) is 1.31. The fraction of sp³-hybridized carbons (Fsp3) is 0.750. The Kier molecular flexibility index (Phi) is 2.59. The fourth-order valence-electron chi connectivity index (χ4n) is 2.35. The molecule has 3 nitrogen and oxygen atoms in total.